The molecule has 0 aliphatic carbocycles. The summed E-state index contributed by atoms with van der Waals surface area (Å²) in [7, 11) is 5.57. The molecule has 21 aromatic rings. The third kappa shape index (κ3) is 22.6. The number of aryl methyl sites for hydroxylation is 12. The maximum atomic E-state index is 13.5. The number of halogens is 1. The van der Waals surface area contributed by atoms with Crippen molar-refractivity contribution in [3.63, 3.8) is 0 Å². The van der Waals surface area contributed by atoms with Gasteiger partial charge in [0.15, 0.2) is 40.7 Å². The molecule has 21 rings (SSSR count). The third-order valence-electron chi connectivity index (χ3n) is 22.7. The Morgan fingerprint density at radius 1 is 0.360 bits per heavy atom. The van der Waals surface area contributed by atoms with Crippen molar-refractivity contribution in [1.82, 2.24) is 137 Å². The number of rotatable bonds is 19. The van der Waals surface area contributed by atoms with Crippen molar-refractivity contribution in [2.75, 3.05) is 63.7 Å². The van der Waals surface area contributed by atoms with Gasteiger partial charge in [-0.1, -0.05) is 146 Å². The van der Waals surface area contributed by atoms with Gasteiger partial charge in [0.1, 0.15) is 58.1 Å². The number of aromatic nitrogens is 28. The summed E-state index contributed by atoms with van der Waals surface area (Å²) >= 11 is 0. The maximum Gasteiger partial charge on any atom is 0.204 e. The molecule has 0 radical (unpaired) electrons. The van der Waals surface area contributed by atoms with Gasteiger partial charge in [-0.2, -0.15) is 0 Å². The number of phenols is 1. The van der Waals surface area contributed by atoms with Crippen molar-refractivity contribution in [3.05, 3.63) is 341 Å². The molecule has 0 saturated carbocycles. The van der Waals surface area contributed by atoms with Crippen molar-refractivity contribution in [1.29, 1.82) is 0 Å². The quantitative estimate of drug-likeness (QED) is 0.0502. The van der Waals surface area contributed by atoms with Gasteiger partial charge < -0.3 is 45.8 Å². The fraction of sp³-hybridized carbons (Fsp3) is 0.238. The first kappa shape index (κ1) is 96.1. The van der Waals surface area contributed by atoms with Crippen LogP contribution >= 0.6 is 0 Å². The molecule has 7 aromatic carbocycles. The molecule has 0 unspecified atom stereocenters. The van der Waals surface area contributed by atoms with Crippen LogP contribution in [-0.2, 0) is 25.0 Å². The number of hydrogen-bond acceptors (Lipinski definition) is 30. The Morgan fingerprint density at radius 3 is 1.23 bits per heavy atom. The molecule has 5 N–H and O–H groups in total. The Labute approximate surface area is 802 Å². The lowest BCUT2D eigenvalue weighted by Gasteiger charge is -2.24. The molecule has 708 valence electrons. The summed E-state index contributed by atoms with van der Waals surface area (Å²) in [5.41, 5.74) is 19.6. The smallest absolute Gasteiger partial charge is 0.204 e. The average Bonchev–Trinajstić information content (AvgIpc) is 1.71. The first-order valence-electron chi connectivity index (χ1n) is 44.9. The second-order valence-electron chi connectivity index (χ2n) is 33.9. The lowest BCUT2D eigenvalue weighted by Crippen LogP contribution is -2.19. The highest BCUT2D eigenvalue weighted by molar-refractivity contribution is 5.77. The van der Waals surface area contributed by atoms with Crippen molar-refractivity contribution in [2.45, 2.75) is 136 Å². The van der Waals surface area contributed by atoms with Gasteiger partial charge in [-0.15, -0.1) is 71.4 Å². The monoisotopic (exact) mass is 1860 g/mol. The molecule has 0 aliphatic rings. The van der Waals surface area contributed by atoms with Crippen molar-refractivity contribution >= 4 is 103 Å². The van der Waals surface area contributed by atoms with Crippen LogP contribution in [0.1, 0.15) is 119 Å². The predicted octanol–water partition coefficient (Wildman–Crippen LogP) is 18.0. The summed E-state index contributed by atoms with van der Waals surface area (Å²) in [4.78, 5) is 36.5. The van der Waals surface area contributed by atoms with Gasteiger partial charge in [0.2, 0.25) is 39.5 Å². The fourth-order valence-corrected chi connectivity index (χ4v) is 15.3. The minimum absolute atomic E-state index is 0.154. The van der Waals surface area contributed by atoms with Crippen LogP contribution in [-0.4, -0.2) is 170 Å². The zero-order valence-corrected chi connectivity index (χ0v) is 81.0. The van der Waals surface area contributed by atoms with Crippen LogP contribution in [0.15, 0.2) is 244 Å². The van der Waals surface area contributed by atoms with E-state index in [0.717, 1.165) is 145 Å². The Hall–Kier alpha value is -17.5. The number of nitrogens with one attached hydrogen (secondary N) is 4. The normalized spacial score (nSPS) is 11.0. The van der Waals surface area contributed by atoms with Crippen molar-refractivity contribution in [3.8, 4) is 11.5 Å². The minimum atomic E-state index is -0.236. The second kappa shape index (κ2) is 43.2. The van der Waals surface area contributed by atoms with Crippen molar-refractivity contribution in [2.24, 2.45) is 0 Å². The van der Waals surface area contributed by atoms with E-state index >= 15 is 0 Å². The van der Waals surface area contributed by atoms with Gasteiger partial charge in [0.05, 0.1) is 12.8 Å². The molecule has 37 nitrogen and oxygen atoms in total. The van der Waals surface area contributed by atoms with E-state index in [1.54, 1.807) is 87.0 Å². The summed E-state index contributed by atoms with van der Waals surface area (Å²) < 4.78 is 32.3. The molecule has 0 saturated heterocycles. The van der Waals surface area contributed by atoms with E-state index in [9.17, 15) is 9.50 Å². The summed E-state index contributed by atoms with van der Waals surface area (Å²) in [5.74, 6) is 11.7. The maximum absolute atomic E-state index is 13.5. The number of para-hydroxylation sites is 2. The van der Waals surface area contributed by atoms with Crippen LogP contribution in [0.5, 0.6) is 11.5 Å². The number of anilines is 11. The van der Waals surface area contributed by atoms with Gasteiger partial charge in [-0.05, 0) is 166 Å². The molecule has 14 aromatic heterocycles. The van der Waals surface area contributed by atoms with Crippen LogP contribution in [0.2, 0.25) is 0 Å². The Balaban J connectivity index is 0.000000123. The summed E-state index contributed by atoms with van der Waals surface area (Å²) in [6.07, 6.45) is 25.1. The predicted molar refractivity (Wildman–Crippen MR) is 538 cm³/mol. The van der Waals surface area contributed by atoms with E-state index in [1.807, 2.05) is 189 Å². The SMILES string of the molecule is CCN(c1cc(O)ccc1C)c1nccn2c(C)nnc12.COc1ccccc1N(C)c1nccn2c(C)nnc12.Cc1cc(C)cc(CNc2nccn3c(C)nnc23)c1.Cc1ccc(N(C)c2nccn3c(C)nnc23)cc1.Cc1cccc(CNc2nccn3c(C)nnc23)c1.Cc1nnc2c(NCc3ccccc3F)nccn12.Cc1nnc2c(Nc3ccc(C(C)(C)C)cc3)nccn12. The summed E-state index contributed by atoms with van der Waals surface area (Å²) in [6.45, 7) is 34.9. The number of aromatic hydroxyl groups is 1. The highest BCUT2D eigenvalue weighted by Crippen LogP contribution is 2.36. The Bertz CT molecular complexity index is 7770. The molecule has 0 bridgehead atoms. The Kier molecular flexibility index (Phi) is 29.9. The molecule has 38 heteroatoms. The molecule has 0 atom stereocenters. The number of nitrogens with zero attached hydrogens (tertiary/aromatic N) is 31. The van der Waals surface area contributed by atoms with Gasteiger partial charge in [0.25, 0.3) is 0 Å². The average molecular weight is 1870 g/mol. The molecule has 0 fully saturated rings. The summed E-state index contributed by atoms with van der Waals surface area (Å²) in [5, 5.41) is 80.4. The Morgan fingerprint density at radius 2 is 0.763 bits per heavy atom. The zero-order chi connectivity index (χ0) is 98.1. The van der Waals surface area contributed by atoms with E-state index in [1.165, 1.54) is 45.0 Å². The van der Waals surface area contributed by atoms with Crippen LogP contribution in [0, 0.1) is 88.9 Å². The molecule has 0 spiro atoms. The number of methoxy groups -OCH3 is 1. The number of benzene rings is 7. The van der Waals surface area contributed by atoms with E-state index in [2.05, 4.69) is 267 Å². The molecular weight excluding hydrogens is 1750 g/mol. The number of fused-ring (bicyclic) bond motifs is 7. The topological polar surface area (TPSA) is 389 Å². The lowest BCUT2D eigenvalue weighted by atomic mass is 9.87. The van der Waals surface area contributed by atoms with Gasteiger partial charge >= 0.3 is 0 Å². The summed E-state index contributed by atoms with van der Waals surface area (Å²) in [6, 6.07) is 51.4. The van der Waals surface area contributed by atoms with E-state index in [0.29, 0.717) is 41.6 Å². The number of hydrogen-bond donors (Lipinski definition) is 5. The molecule has 0 amide bonds. The highest BCUT2D eigenvalue weighted by Gasteiger charge is 2.22. The molecule has 0 aliphatic heterocycles. The van der Waals surface area contributed by atoms with E-state index in [-0.39, 0.29) is 17.0 Å². The first-order valence-corrected chi connectivity index (χ1v) is 44.9. The van der Waals surface area contributed by atoms with Crippen LogP contribution in [0.25, 0.3) is 39.5 Å². The van der Waals surface area contributed by atoms with Crippen LogP contribution < -0.4 is 40.7 Å². The van der Waals surface area contributed by atoms with Gasteiger partial charge in [-0.3, -0.25) is 30.8 Å². The van der Waals surface area contributed by atoms with E-state index < -0.39 is 0 Å². The standard InChI is InChI=1S/C16H19N5.C15H17N5O.C15H17N5.C14H15N5O.2C14H15N5.C13H12FN5/c1-11-19-20-15-14(17-9-10-21(11)15)18-13-7-5-12(6-8-13)16(2,3)4;1-4-19(13-9-12(21)6-5-10(13)2)14-15-18-17-11(3)20(15)8-7-16-14;1-10-6-11(2)8-13(7-10)9-17-14-15-19-18-12(3)20(15)5-4-16-14;1-10-16-17-14-13(15-8-9-19(10)14)18(2)11-6-4-5-7-12(11)20-3;1-10-4-6-12(7-5-10)18(3)13-14-17-16-11(2)19(14)9-8-15-13;1-10-4-3-5-12(8-10)9-16-13-14-18-17-11(2)19(14)7-6-15-13;1-9-17-18-13-12(15-6-7-19(9)13)16-8-10-4-2-3-5-11(10)14/h5-10H,1-4H3,(H,17,18);5-9,21H,4H2,1-3H3;4-8H,9H2,1-3H3,(H,16,17);4-9H,1-3H3;4-9H,1-3H3;3-8H,9H2,1-2H3,(H,15,16);2-7H,8H2,1H3,(H,15,16). The first-order chi connectivity index (χ1) is 67.1. The minimum Gasteiger partial charge on any atom is -0.508 e. The lowest BCUT2D eigenvalue weighted by molar-refractivity contribution is 0.415. The van der Waals surface area contributed by atoms with Gasteiger partial charge in [-0.25, -0.2) is 39.3 Å². The highest BCUT2D eigenvalue weighted by atomic mass is 19.1. The number of ether oxygens (including phenoxy) is 1. The van der Waals surface area contributed by atoms with Gasteiger partial charge in [0, 0.05) is 156 Å². The largest absolute Gasteiger partial charge is 0.508 e. The second-order valence-corrected chi connectivity index (χ2v) is 33.9. The fourth-order valence-electron chi connectivity index (χ4n) is 15.3. The zero-order valence-electron chi connectivity index (χ0n) is 81.0. The molecule has 14 heterocycles. The number of phenolic OH excluding ortho intramolecular Hbond substituents is 1. The molecular formula is C101H110FN35O2. The van der Waals surface area contributed by atoms with Crippen LogP contribution in [0.3, 0.4) is 0 Å². The van der Waals surface area contributed by atoms with Crippen LogP contribution in [0.4, 0.5) is 67.9 Å². The van der Waals surface area contributed by atoms with E-state index in [4.69, 9.17) is 4.74 Å². The molecule has 139 heavy (non-hydrogen) atoms. The van der Waals surface area contributed by atoms with Crippen molar-refractivity contribution < 1.29 is 14.2 Å². The third-order valence-corrected chi connectivity index (χ3v) is 22.7.